The maximum atomic E-state index is 12.9. The number of benzene rings is 1. The molecule has 1 atom stereocenters. The van der Waals surface area contributed by atoms with Crippen molar-refractivity contribution in [1.82, 2.24) is 4.31 Å². The predicted molar refractivity (Wildman–Crippen MR) is 81.6 cm³/mol. The van der Waals surface area contributed by atoms with Gasteiger partial charge in [-0.3, -0.25) is 4.79 Å². The Labute approximate surface area is 135 Å². The Balaban J connectivity index is 2.48. The van der Waals surface area contributed by atoms with E-state index in [4.69, 9.17) is 21.1 Å². The number of piperidine rings is 1. The molecule has 0 unspecified atom stereocenters. The molecule has 1 heterocycles. The van der Waals surface area contributed by atoms with Crippen molar-refractivity contribution in [3.05, 3.63) is 23.2 Å². The van der Waals surface area contributed by atoms with Gasteiger partial charge in [0.2, 0.25) is 10.0 Å². The molecule has 2 rings (SSSR count). The lowest BCUT2D eigenvalue weighted by Crippen LogP contribution is -2.48. The van der Waals surface area contributed by atoms with E-state index in [1.54, 1.807) is 6.07 Å². The van der Waals surface area contributed by atoms with Crippen LogP contribution in [0.3, 0.4) is 0 Å². The Morgan fingerprint density at radius 3 is 2.68 bits per heavy atom. The van der Waals surface area contributed by atoms with Crippen LogP contribution in [-0.2, 0) is 19.6 Å². The fourth-order valence-corrected chi connectivity index (χ4v) is 4.61. The monoisotopic (exact) mass is 347 g/mol. The number of methoxy groups -OCH3 is 2. The largest absolute Gasteiger partial charge is 0.495 e. The van der Waals surface area contributed by atoms with E-state index in [0.29, 0.717) is 12.8 Å². The highest BCUT2D eigenvalue weighted by molar-refractivity contribution is 7.89. The molecule has 0 spiro atoms. The average molecular weight is 348 g/mol. The van der Waals surface area contributed by atoms with Crippen molar-refractivity contribution in [3.63, 3.8) is 0 Å². The number of hydrogen-bond donors (Lipinski definition) is 0. The summed E-state index contributed by atoms with van der Waals surface area (Å²) in [4.78, 5) is 11.8. The molecule has 8 heteroatoms. The van der Waals surface area contributed by atoms with Crippen LogP contribution in [0, 0.1) is 0 Å². The van der Waals surface area contributed by atoms with Crippen LogP contribution in [0.2, 0.25) is 5.02 Å². The van der Waals surface area contributed by atoms with Gasteiger partial charge < -0.3 is 9.47 Å². The zero-order valence-corrected chi connectivity index (χ0v) is 14.0. The molecule has 22 heavy (non-hydrogen) atoms. The normalized spacial score (nSPS) is 19.7. The van der Waals surface area contributed by atoms with Crippen LogP contribution in [0.25, 0.3) is 0 Å². The van der Waals surface area contributed by atoms with Gasteiger partial charge in [0.25, 0.3) is 0 Å². The molecule has 1 aromatic rings. The molecule has 0 bridgehead atoms. The second-order valence-corrected chi connectivity index (χ2v) is 7.24. The van der Waals surface area contributed by atoms with Gasteiger partial charge in [-0.1, -0.05) is 11.6 Å². The first-order valence-corrected chi connectivity index (χ1v) is 8.67. The fourth-order valence-electron chi connectivity index (χ4n) is 2.54. The lowest BCUT2D eigenvalue weighted by atomic mass is 10.1. The first-order chi connectivity index (χ1) is 10.4. The van der Waals surface area contributed by atoms with Crippen LogP contribution in [0.4, 0.5) is 0 Å². The molecule has 0 radical (unpaired) electrons. The molecule has 122 valence electrons. The van der Waals surface area contributed by atoms with E-state index in [2.05, 4.69) is 0 Å². The van der Waals surface area contributed by atoms with Crippen molar-refractivity contribution in [3.8, 4) is 5.75 Å². The third-order valence-corrected chi connectivity index (χ3v) is 5.80. The van der Waals surface area contributed by atoms with Crippen LogP contribution in [0.1, 0.15) is 19.3 Å². The average Bonchev–Trinajstić information content (AvgIpc) is 2.54. The van der Waals surface area contributed by atoms with E-state index < -0.39 is 22.0 Å². The van der Waals surface area contributed by atoms with Gasteiger partial charge in [-0.25, -0.2) is 8.42 Å². The lowest BCUT2D eigenvalue weighted by molar-refractivity contribution is -0.146. The summed E-state index contributed by atoms with van der Waals surface area (Å²) in [5, 5.41) is 0.283. The third kappa shape index (κ3) is 3.21. The Morgan fingerprint density at radius 2 is 2.05 bits per heavy atom. The summed E-state index contributed by atoms with van der Waals surface area (Å²) in [6.07, 6.45) is 1.91. The van der Waals surface area contributed by atoms with E-state index in [9.17, 15) is 13.2 Å². The van der Waals surface area contributed by atoms with E-state index in [1.165, 1.54) is 30.7 Å². The number of nitrogens with zero attached hydrogens (tertiary/aromatic N) is 1. The molecule has 1 aliphatic heterocycles. The minimum atomic E-state index is -3.91. The minimum absolute atomic E-state index is 0.0432. The minimum Gasteiger partial charge on any atom is -0.495 e. The summed E-state index contributed by atoms with van der Waals surface area (Å²) in [6, 6.07) is 3.56. The zero-order valence-electron chi connectivity index (χ0n) is 12.4. The molecule has 1 aromatic carbocycles. The summed E-state index contributed by atoms with van der Waals surface area (Å²) in [7, 11) is -1.27. The standard InChI is InChI=1S/C14H18ClNO5S/c1-20-12-7-6-10(15)9-13(12)22(18,19)16-8-4-3-5-11(16)14(17)21-2/h6-7,9,11H,3-5,8H2,1-2H3/t11-/m0/s1. The van der Waals surface area contributed by atoms with Gasteiger partial charge in [0, 0.05) is 11.6 Å². The van der Waals surface area contributed by atoms with E-state index in [-0.39, 0.29) is 22.2 Å². The second-order valence-electron chi connectivity index (χ2n) is 4.95. The quantitative estimate of drug-likeness (QED) is 0.779. The molecule has 6 nitrogen and oxygen atoms in total. The molecule has 0 N–H and O–H groups in total. The van der Waals surface area contributed by atoms with Crippen molar-refractivity contribution < 1.29 is 22.7 Å². The number of hydrogen-bond acceptors (Lipinski definition) is 5. The second kappa shape index (κ2) is 6.85. The molecule has 1 fully saturated rings. The number of esters is 1. The van der Waals surface area contributed by atoms with Crippen molar-refractivity contribution in [2.45, 2.75) is 30.2 Å². The summed E-state index contributed by atoms with van der Waals surface area (Å²) in [5.41, 5.74) is 0. The number of rotatable bonds is 4. The highest BCUT2D eigenvalue weighted by atomic mass is 35.5. The van der Waals surface area contributed by atoms with E-state index in [0.717, 1.165) is 6.42 Å². The fraction of sp³-hybridized carbons (Fsp3) is 0.500. The van der Waals surface area contributed by atoms with E-state index >= 15 is 0 Å². The number of halogens is 1. The predicted octanol–water partition coefficient (Wildman–Crippen LogP) is 2.06. The SMILES string of the molecule is COC(=O)[C@@H]1CCCCN1S(=O)(=O)c1cc(Cl)ccc1OC. The van der Waals surface area contributed by atoms with Gasteiger partial charge in [0.1, 0.15) is 16.7 Å². The third-order valence-electron chi connectivity index (χ3n) is 3.64. The Bertz CT molecular complexity index is 661. The van der Waals surface area contributed by atoms with Crippen molar-refractivity contribution >= 4 is 27.6 Å². The number of carbonyl (C=O) groups excluding carboxylic acids is 1. The molecule has 0 aromatic heterocycles. The number of ether oxygens (including phenoxy) is 2. The molecular formula is C14H18ClNO5S. The first kappa shape index (κ1) is 17.1. The van der Waals surface area contributed by atoms with E-state index in [1.807, 2.05) is 0 Å². The highest BCUT2D eigenvalue weighted by Crippen LogP contribution is 2.33. The first-order valence-electron chi connectivity index (χ1n) is 6.85. The van der Waals surface area contributed by atoms with Gasteiger partial charge in [-0.2, -0.15) is 4.31 Å². The highest BCUT2D eigenvalue weighted by Gasteiger charge is 2.39. The molecule has 1 saturated heterocycles. The van der Waals surface area contributed by atoms with Crippen LogP contribution in [0.15, 0.2) is 23.1 Å². The molecule has 0 amide bonds. The van der Waals surface area contributed by atoms with Crippen LogP contribution in [0.5, 0.6) is 5.75 Å². The lowest BCUT2D eigenvalue weighted by Gasteiger charge is -2.33. The van der Waals surface area contributed by atoms with Crippen LogP contribution >= 0.6 is 11.6 Å². The summed E-state index contributed by atoms with van der Waals surface area (Å²) in [6.45, 7) is 0.262. The van der Waals surface area contributed by atoms with Crippen LogP contribution < -0.4 is 4.74 Å². The smallest absolute Gasteiger partial charge is 0.324 e. The maximum Gasteiger partial charge on any atom is 0.324 e. The Kier molecular flexibility index (Phi) is 5.31. The van der Waals surface area contributed by atoms with Gasteiger partial charge in [0.05, 0.1) is 14.2 Å². The molecule has 0 aliphatic carbocycles. The summed E-state index contributed by atoms with van der Waals surface area (Å²) < 4.78 is 36.9. The van der Waals surface area contributed by atoms with Gasteiger partial charge in [-0.05, 0) is 37.5 Å². The topological polar surface area (TPSA) is 72.9 Å². The van der Waals surface area contributed by atoms with Gasteiger partial charge in [0.15, 0.2) is 0 Å². The van der Waals surface area contributed by atoms with Crippen molar-refractivity contribution in [1.29, 1.82) is 0 Å². The molecular weight excluding hydrogens is 330 g/mol. The van der Waals surface area contributed by atoms with Gasteiger partial charge in [-0.15, -0.1) is 0 Å². The van der Waals surface area contributed by atoms with Crippen LogP contribution in [-0.4, -0.2) is 45.5 Å². The molecule has 1 aliphatic rings. The van der Waals surface area contributed by atoms with Crippen molar-refractivity contribution in [2.75, 3.05) is 20.8 Å². The van der Waals surface area contributed by atoms with Gasteiger partial charge >= 0.3 is 5.97 Å². The Hall–Kier alpha value is -1.31. The molecule has 0 saturated carbocycles. The van der Waals surface area contributed by atoms with Crippen molar-refractivity contribution in [2.24, 2.45) is 0 Å². The Morgan fingerprint density at radius 1 is 1.32 bits per heavy atom. The maximum absolute atomic E-state index is 12.9. The summed E-state index contributed by atoms with van der Waals surface area (Å²) >= 11 is 5.91. The number of carbonyl (C=O) groups is 1. The zero-order chi connectivity index (χ0) is 16.3. The summed E-state index contributed by atoms with van der Waals surface area (Å²) in [5.74, 6) is -0.358. The number of sulfonamides is 1.